The van der Waals surface area contributed by atoms with Crippen molar-refractivity contribution in [3.05, 3.63) is 88.4 Å². The van der Waals surface area contributed by atoms with Crippen LogP contribution in [0.3, 0.4) is 0 Å². The number of ether oxygens (including phenoxy) is 4. The summed E-state index contributed by atoms with van der Waals surface area (Å²) in [5.74, 6) is -1.45. The summed E-state index contributed by atoms with van der Waals surface area (Å²) in [5.41, 5.74) is 10.7. The molecule has 0 saturated carbocycles. The van der Waals surface area contributed by atoms with E-state index in [1.54, 1.807) is 29.1 Å². The minimum Gasteiger partial charge on any atom is -0.484 e. The highest BCUT2D eigenvalue weighted by Gasteiger charge is 2.48. The number of thiazole rings is 1. The van der Waals surface area contributed by atoms with Gasteiger partial charge >= 0.3 is 0 Å². The van der Waals surface area contributed by atoms with Crippen LogP contribution in [0.25, 0.3) is 21.5 Å². The molecule has 5 aromatic rings. The molecule has 2 fully saturated rings. The first-order valence-corrected chi connectivity index (χ1v) is 24.8. The number of halogens is 1. The zero-order chi connectivity index (χ0) is 51.0. The molecule has 21 heteroatoms. The highest BCUT2D eigenvalue weighted by Crippen LogP contribution is 2.40. The van der Waals surface area contributed by atoms with Gasteiger partial charge in [-0.05, 0) is 53.6 Å². The molecule has 3 aromatic heterocycles. The lowest BCUT2D eigenvalue weighted by molar-refractivity contribution is -0.146. The lowest BCUT2D eigenvalue weighted by atomic mass is 9.76. The molecule has 7 rings (SSSR count). The molecule has 2 aliphatic rings. The van der Waals surface area contributed by atoms with Crippen molar-refractivity contribution >= 4 is 63.2 Å². The quantitative estimate of drug-likeness (QED) is 0.0492. The lowest BCUT2D eigenvalue weighted by Gasteiger charge is -2.34. The number of nitrogens with one attached hydrogen (secondary N) is 1. The molecule has 382 valence electrons. The fourth-order valence-corrected chi connectivity index (χ4v) is 9.73. The number of hydrogen-bond acceptors (Lipinski definition) is 17. The van der Waals surface area contributed by atoms with Crippen molar-refractivity contribution in [1.82, 2.24) is 29.7 Å². The third-order valence-corrected chi connectivity index (χ3v) is 14.1. The molecule has 0 unspecified atom stereocenters. The maximum atomic E-state index is 14.0. The van der Waals surface area contributed by atoms with Gasteiger partial charge in [0.1, 0.15) is 66.4 Å². The van der Waals surface area contributed by atoms with Gasteiger partial charge in [0.05, 0.1) is 52.4 Å². The predicted molar refractivity (Wildman–Crippen MR) is 263 cm³/mol. The second-order valence-electron chi connectivity index (χ2n) is 19.0. The fraction of sp³-hybridized carbons (Fsp3) is 0.500. The van der Waals surface area contributed by atoms with Crippen molar-refractivity contribution in [2.24, 2.45) is 11.3 Å². The Bertz CT molecular complexity index is 2640. The number of carbonyl (C=O) groups excluding carboxylic acids is 4. The van der Waals surface area contributed by atoms with E-state index in [1.165, 1.54) is 34.0 Å². The number of aryl methyl sites for hydroxylation is 1. The van der Waals surface area contributed by atoms with Gasteiger partial charge in [0.15, 0.2) is 12.0 Å². The van der Waals surface area contributed by atoms with Gasteiger partial charge in [-0.1, -0.05) is 62.7 Å². The van der Waals surface area contributed by atoms with E-state index in [-0.39, 0.29) is 117 Å². The number of fused-ring (bicyclic) bond motifs is 1. The van der Waals surface area contributed by atoms with Crippen LogP contribution in [0, 0.1) is 18.3 Å². The normalized spacial score (nSPS) is 21.1. The summed E-state index contributed by atoms with van der Waals surface area (Å²) < 4.78 is 24.4. The summed E-state index contributed by atoms with van der Waals surface area (Å²) in [6.07, 6.45) is -3.92. The first kappa shape index (κ1) is 53.4. The minimum absolute atomic E-state index is 0.00266. The van der Waals surface area contributed by atoms with E-state index in [1.807, 2.05) is 52.0 Å². The number of β-amino-alcohol motifs (C(OH)–C–C–N with tert-alkyl or cyclic N) is 1. The number of carbonyl (C=O) groups is 4. The Hall–Kier alpha value is -5.42. The monoisotopic (exact) mass is 1020 g/mol. The number of amides is 2. The molecule has 7 N–H and O–H groups in total. The van der Waals surface area contributed by atoms with E-state index >= 15 is 0 Å². The summed E-state index contributed by atoms with van der Waals surface area (Å²) in [7, 11) is 0. The van der Waals surface area contributed by atoms with Crippen LogP contribution < -0.4 is 15.8 Å². The molecule has 0 bridgehead atoms. The number of benzene rings is 2. The Morgan fingerprint density at radius 3 is 2.42 bits per heavy atom. The number of aliphatic hydroxyl groups excluding tert-OH is 4. The predicted octanol–water partition coefficient (Wildman–Crippen LogP) is 4.50. The number of aromatic nitrogens is 4. The van der Waals surface area contributed by atoms with Crippen LogP contribution in [0.15, 0.2) is 66.6 Å². The second kappa shape index (κ2) is 23.9. The first-order valence-electron chi connectivity index (χ1n) is 23.5. The van der Waals surface area contributed by atoms with Gasteiger partial charge in [0.25, 0.3) is 0 Å². The number of likely N-dealkylation sites (tertiary alicyclic amines) is 1. The number of nitrogen functional groups attached to an aromatic ring is 1. The summed E-state index contributed by atoms with van der Waals surface area (Å²) in [4.78, 5) is 68.3. The number of aliphatic hydroxyl groups is 4. The van der Waals surface area contributed by atoms with Crippen molar-refractivity contribution in [3.63, 3.8) is 0 Å². The summed E-state index contributed by atoms with van der Waals surface area (Å²) in [6, 6.07) is 13.1. The standard InChI is InChI=1S/C50H62ClN7O12S/c1-28-44(71-27-56-28)30-9-7-29(8-10-30)23-53-47(65)38-22-34(61)24-58(38)48(66)36(50(2,3)4)21-32(59)14-17-68-19-18-67-16-5-6-33(60)25-69-39-20-31(11-12-37(39)51)40(62)43-41(63)42(64)49(70-43)57-15-13-35-45(52)54-26-55-46(35)57/h7-13,15,20,26-27,34,36,38,40-43,49,61-64H,5-6,14,16-19,21-25H2,1-4H3,(H,53,65)(H2,52,54,55)/t34-,36-,38+,40-,41+,42-,43-,49-/m1/s1. The Morgan fingerprint density at radius 1 is 0.958 bits per heavy atom. The van der Waals surface area contributed by atoms with Crippen molar-refractivity contribution < 1.29 is 58.6 Å². The second-order valence-corrected chi connectivity index (χ2v) is 20.2. The van der Waals surface area contributed by atoms with E-state index in [4.69, 9.17) is 36.3 Å². The van der Waals surface area contributed by atoms with Crippen LogP contribution in [0.1, 0.15) is 82.0 Å². The maximum absolute atomic E-state index is 14.0. The Balaban J connectivity index is 0.778. The van der Waals surface area contributed by atoms with Gasteiger partial charge in [0.2, 0.25) is 11.8 Å². The molecule has 2 saturated heterocycles. The SMILES string of the molecule is Cc1ncsc1-c1ccc(CNC(=O)[C@@H]2C[C@@H](O)CN2C(=O)[C@@H](CC(=O)CCOCCOCCCC(=O)COc2cc([C@@H](O)[C@H]3O[C@@H](n4ccc5c(N)ncnc54)[C@H](O)[C@@H]3O)ccc2Cl)C(C)(C)C)cc1. The lowest BCUT2D eigenvalue weighted by Crippen LogP contribution is -2.50. The molecular weight excluding hydrogens is 958 g/mol. The molecular formula is C50H62ClN7O12S. The maximum Gasteiger partial charge on any atom is 0.243 e. The average Bonchev–Trinajstić information content (AvgIpc) is 4.14. The van der Waals surface area contributed by atoms with Crippen LogP contribution >= 0.6 is 22.9 Å². The van der Waals surface area contributed by atoms with Crippen LogP contribution in [-0.2, 0) is 39.9 Å². The van der Waals surface area contributed by atoms with Crippen molar-refractivity contribution in [1.29, 1.82) is 0 Å². The molecule has 0 aliphatic carbocycles. The molecule has 0 spiro atoms. The van der Waals surface area contributed by atoms with Gasteiger partial charge in [-0.3, -0.25) is 19.2 Å². The topological polar surface area (TPSA) is 271 Å². The molecule has 2 aromatic carbocycles. The number of ketones is 2. The Labute approximate surface area is 420 Å². The molecule has 0 radical (unpaired) electrons. The van der Waals surface area contributed by atoms with Gasteiger partial charge in [0, 0.05) is 57.5 Å². The zero-order valence-corrected chi connectivity index (χ0v) is 41.7. The number of hydrogen-bond donors (Lipinski definition) is 6. The van der Waals surface area contributed by atoms with Gasteiger partial charge in [-0.15, -0.1) is 11.3 Å². The molecule has 71 heavy (non-hydrogen) atoms. The molecule has 5 heterocycles. The van der Waals surface area contributed by atoms with E-state index < -0.39 is 54.1 Å². The van der Waals surface area contributed by atoms with Gasteiger partial charge in [-0.25, -0.2) is 15.0 Å². The minimum atomic E-state index is -1.47. The highest BCUT2D eigenvalue weighted by molar-refractivity contribution is 7.13. The van der Waals surface area contributed by atoms with Crippen LogP contribution in [0.2, 0.25) is 5.02 Å². The molecule has 2 aliphatic heterocycles. The Kier molecular flexibility index (Phi) is 17.9. The van der Waals surface area contributed by atoms with Gasteiger partial charge in [-0.2, -0.15) is 0 Å². The third-order valence-electron chi connectivity index (χ3n) is 12.8. The number of rotatable bonds is 23. The average molecular weight is 1020 g/mol. The van der Waals surface area contributed by atoms with E-state index in [0.717, 1.165) is 21.7 Å². The van der Waals surface area contributed by atoms with E-state index in [9.17, 15) is 39.6 Å². The summed E-state index contributed by atoms with van der Waals surface area (Å²) >= 11 is 7.92. The van der Waals surface area contributed by atoms with Crippen LogP contribution in [0.4, 0.5) is 5.82 Å². The first-order chi connectivity index (χ1) is 33.9. The zero-order valence-electron chi connectivity index (χ0n) is 40.1. The molecule has 8 atom stereocenters. The number of anilines is 1. The Morgan fingerprint density at radius 2 is 1.70 bits per heavy atom. The molecule has 19 nitrogen and oxygen atoms in total. The van der Waals surface area contributed by atoms with Crippen LogP contribution in [-0.4, -0.2) is 138 Å². The van der Waals surface area contributed by atoms with Crippen LogP contribution in [0.5, 0.6) is 5.75 Å². The van der Waals surface area contributed by atoms with E-state index in [2.05, 4.69) is 20.3 Å². The third kappa shape index (κ3) is 13.2. The summed E-state index contributed by atoms with van der Waals surface area (Å²) in [5, 5.41) is 47.3. The van der Waals surface area contributed by atoms with Crippen molar-refractivity contribution in [2.75, 3.05) is 45.3 Å². The largest absolute Gasteiger partial charge is 0.484 e. The summed E-state index contributed by atoms with van der Waals surface area (Å²) in [6.45, 7) is 8.38. The fourth-order valence-electron chi connectivity index (χ4n) is 8.75. The van der Waals surface area contributed by atoms with Crippen molar-refractivity contribution in [2.45, 2.75) is 109 Å². The highest BCUT2D eigenvalue weighted by atomic mass is 35.5. The van der Waals surface area contributed by atoms with Crippen molar-refractivity contribution in [3.8, 4) is 16.2 Å². The van der Waals surface area contributed by atoms with Gasteiger partial charge < -0.3 is 59.9 Å². The molecule has 2 amide bonds. The number of nitrogens with zero attached hydrogens (tertiary/aromatic N) is 5. The number of Topliss-reactive ketones (excluding diaryl/α,β-unsaturated/α-hetero) is 2. The smallest absolute Gasteiger partial charge is 0.243 e. The number of nitrogens with two attached hydrogens (primary N) is 1. The van der Waals surface area contributed by atoms with E-state index in [0.29, 0.717) is 17.5 Å².